The molecule has 334 valence electrons. The fourth-order valence-corrected chi connectivity index (χ4v) is 9.79. The molecular formula is C46H55ClN7O8P. The number of halogens is 1. The molecule has 1 atom stereocenters. The number of ether oxygens (including phenoxy) is 3. The summed E-state index contributed by atoms with van der Waals surface area (Å²) in [7, 11) is -0.830. The highest BCUT2D eigenvalue weighted by molar-refractivity contribution is 7.70. The molecule has 3 N–H and O–H groups in total. The molecule has 2 saturated heterocycles. The number of piperidine rings is 2. The zero-order valence-corrected chi connectivity index (χ0v) is 37.6. The van der Waals surface area contributed by atoms with Crippen molar-refractivity contribution in [1.82, 2.24) is 25.5 Å². The highest BCUT2D eigenvalue weighted by Gasteiger charge is 2.40. The van der Waals surface area contributed by atoms with Gasteiger partial charge in [-0.2, -0.15) is 0 Å². The van der Waals surface area contributed by atoms with Gasteiger partial charge in [-0.05, 0) is 56.4 Å². The molecule has 63 heavy (non-hydrogen) atoms. The van der Waals surface area contributed by atoms with E-state index in [1.165, 1.54) is 4.90 Å². The second-order valence-electron chi connectivity index (χ2n) is 16.4. The highest BCUT2D eigenvalue weighted by atomic mass is 35.5. The Morgan fingerprint density at radius 3 is 2.48 bits per heavy atom. The standard InChI is InChI=1S/C46H55ClN7O8P/c1-60-40-27-33(12-11-30(40)26-42-49-28-36(47)38(51-42)25-31-7-4-5-10-41(31)63(2,3)59)53-19-15-32(16-20-53)50-44(56)17-21-61-23-24-62-22-18-48-37-9-6-8-34-35(37)29-54(46(34)58)39-13-14-43(55)52-45(39)57/h4-12,27-28,32,39,48H,13-26,29H2,1-3H3,(H,50,56)(H,52,55,57). The van der Waals surface area contributed by atoms with Crippen molar-refractivity contribution in [3.8, 4) is 5.75 Å². The minimum atomic E-state index is -2.49. The molecule has 0 saturated carbocycles. The van der Waals surface area contributed by atoms with Crippen LogP contribution in [0.3, 0.4) is 0 Å². The number of amides is 4. The molecule has 0 aliphatic carbocycles. The molecule has 3 aliphatic rings. The quantitative estimate of drug-likeness (QED) is 0.0656. The minimum absolute atomic E-state index is 0.0397. The van der Waals surface area contributed by atoms with Gasteiger partial charge < -0.3 is 39.2 Å². The van der Waals surface area contributed by atoms with E-state index in [1.54, 1.807) is 38.8 Å². The zero-order chi connectivity index (χ0) is 44.5. The first-order valence-corrected chi connectivity index (χ1v) is 24.4. The Bertz CT molecular complexity index is 2370. The Balaban J connectivity index is 0.781. The van der Waals surface area contributed by atoms with Gasteiger partial charge in [0.1, 0.15) is 24.8 Å². The summed E-state index contributed by atoms with van der Waals surface area (Å²) in [4.78, 5) is 62.9. The van der Waals surface area contributed by atoms with Crippen LogP contribution in [0, 0.1) is 0 Å². The molecule has 0 bridgehead atoms. The average molecular weight is 900 g/mol. The lowest BCUT2D eigenvalue weighted by molar-refractivity contribution is -0.137. The summed E-state index contributed by atoms with van der Waals surface area (Å²) >= 11 is 6.54. The molecule has 3 aliphatic heterocycles. The first-order valence-electron chi connectivity index (χ1n) is 21.4. The smallest absolute Gasteiger partial charge is 0.255 e. The second kappa shape index (κ2) is 20.9. The summed E-state index contributed by atoms with van der Waals surface area (Å²) in [5.74, 6) is 0.358. The van der Waals surface area contributed by atoms with Crippen LogP contribution < -0.4 is 30.9 Å². The van der Waals surface area contributed by atoms with E-state index in [4.69, 9.17) is 30.8 Å². The van der Waals surface area contributed by atoms with Gasteiger partial charge in [-0.1, -0.05) is 48.0 Å². The van der Waals surface area contributed by atoms with Crippen molar-refractivity contribution in [3.05, 3.63) is 106 Å². The van der Waals surface area contributed by atoms with Crippen LogP contribution in [0.15, 0.2) is 66.9 Å². The predicted molar refractivity (Wildman–Crippen MR) is 242 cm³/mol. The van der Waals surface area contributed by atoms with Crippen LogP contribution in [0.2, 0.25) is 5.02 Å². The van der Waals surface area contributed by atoms with E-state index < -0.39 is 19.1 Å². The molecule has 2 fully saturated rings. The summed E-state index contributed by atoms with van der Waals surface area (Å²) in [6.07, 6.45) is 4.95. The monoisotopic (exact) mass is 899 g/mol. The number of anilines is 2. The number of carbonyl (C=O) groups excluding carboxylic acids is 4. The lowest BCUT2D eigenvalue weighted by Crippen LogP contribution is -2.52. The van der Waals surface area contributed by atoms with Crippen molar-refractivity contribution in [3.63, 3.8) is 0 Å². The highest BCUT2D eigenvalue weighted by Crippen LogP contribution is 2.37. The molecule has 1 unspecified atom stereocenters. The SMILES string of the molecule is COc1cc(N2CCC(NC(=O)CCOCCOCCNc3cccc4c3CN(C3CCC(=O)NC3=O)C4=O)CC2)ccc1Cc1ncc(Cl)c(Cc2ccccc2P(C)(C)=O)n1. The number of imide groups is 1. The summed E-state index contributed by atoms with van der Waals surface area (Å²) in [5.41, 5.74) is 5.80. The Hall–Kier alpha value is -5.34. The van der Waals surface area contributed by atoms with Crippen LogP contribution in [0.25, 0.3) is 0 Å². The van der Waals surface area contributed by atoms with Crippen molar-refractivity contribution in [1.29, 1.82) is 0 Å². The number of methoxy groups -OCH3 is 1. The topological polar surface area (TPSA) is 181 Å². The number of benzene rings is 3. The number of nitrogens with zero attached hydrogens (tertiary/aromatic N) is 4. The van der Waals surface area contributed by atoms with E-state index in [0.717, 1.165) is 65.1 Å². The van der Waals surface area contributed by atoms with Crippen molar-refractivity contribution in [2.45, 2.75) is 63.6 Å². The largest absolute Gasteiger partial charge is 0.496 e. The number of carbonyl (C=O) groups is 4. The third-order valence-electron chi connectivity index (χ3n) is 11.6. The third kappa shape index (κ3) is 11.6. The molecule has 15 nitrogen and oxygen atoms in total. The molecule has 3 aromatic carbocycles. The number of hydrogen-bond acceptors (Lipinski definition) is 12. The van der Waals surface area contributed by atoms with Crippen LogP contribution in [0.5, 0.6) is 5.75 Å². The van der Waals surface area contributed by atoms with Crippen LogP contribution in [0.4, 0.5) is 11.4 Å². The Morgan fingerprint density at radius 2 is 1.71 bits per heavy atom. The molecule has 4 amide bonds. The molecule has 17 heteroatoms. The van der Waals surface area contributed by atoms with Crippen molar-refractivity contribution in [2.24, 2.45) is 0 Å². The van der Waals surface area contributed by atoms with Gasteiger partial charge in [-0.3, -0.25) is 24.5 Å². The maximum Gasteiger partial charge on any atom is 0.255 e. The van der Waals surface area contributed by atoms with Gasteiger partial charge in [0.15, 0.2) is 0 Å². The lowest BCUT2D eigenvalue weighted by atomic mass is 10.0. The summed E-state index contributed by atoms with van der Waals surface area (Å²) in [6, 6.07) is 18.8. The minimum Gasteiger partial charge on any atom is -0.496 e. The number of fused-ring (bicyclic) bond motifs is 1. The predicted octanol–water partition coefficient (Wildman–Crippen LogP) is 4.95. The van der Waals surface area contributed by atoms with Crippen molar-refractivity contribution in [2.75, 3.05) is 76.7 Å². The molecule has 4 aromatic rings. The number of rotatable bonds is 19. The van der Waals surface area contributed by atoms with Gasteiger partial charge in [0.25, 0.3) is 5.91 Å². The van der Waals surface area contributed by atoms with Crippen LogP contribution in [-0.2, 0) is 47.8 Å². The van der Waals surface area contributed by atoms with Crippen LogP contribution in [-0.4, -0.2) is 117 Å². The maximum absolute atomic E-state index is 13.1. The van der Waals surface area contributed by atoms with Gasteiger partial charge >= 0.3 is 0 Å². The Kier molecular flexibility index (Phi) is 15.1. The number of nitrogens with one attached hydrogen (secondary N) is 3. The van der Waals surface area contributed by atoms with E-state index in [-0.39, 0.29) is 36.6 Å². The molecule has 7 rings (SSSR count). The molecule has 1 aromatic heterocycles. The number of hydrogen-bond donors (Lipinski definition) is 3. The number of aromatic nitrogens is 2. The summed E-state index contributed by atoms with van der Waals surface area (Å²) < 4.78 is 30.1. The van der Waals surface area contributed by atoms with E-state index in [9.17, 15) is 23.7 Å². The molecular weight excluding hydrogens is 845 g/mol. The van der Waals surface area contributed by atoms with E-state index in [2.05, 4.69) is 31.9 Å². The van der Waals surface area contributed by atoms with Crippen LogP contribution in [0.1, 0.15) is 70.7 Å². The fraction of sp³-hybridized carbons (Fsp3) is 0.435. The van der Waals surface area contributed by atoms with E-state index in [1.807, 2.05) is 42.5 Å². The Morgan fingerprint density at radius 1 is 0.937 bits per heavy atom. The van der Waals surface area contributed by atoms with E-state index in [0.29, 0.717) is 80.9 Å². The van der Waals surface area contributed by atoms with Gasteiger partial charge in [0, 0.05) is 104 Å². The lowest BCUT2D eigenvalue weighted by Gasteiger charge is -2.34. The van der Waals surface area contributed by atoms with E-state index >= 15 is 0 Å². The van der Waals surface area contributed by atoms with Crippen LogP contribution >= 0.6 is 18.7 Å². The zero-order valence-electron chi connectivity index (χ0n) is 36.0. The van der Waals surface area contributed by atoms with Crippen molar-refractivity contribution >= 4 is 59.1 Å². The van der Waals surface area contributed by atoms with Gasteiger partial charge in [0.05, 0.1) is 44.3 Å². The van der Waals surface area contributed by atoms with Gasteiger partial charge in [0.2, 0.25) is 17.7 Å². The maximum atomic E-state index is 13.1. The fourth-order valence-electron chi connectivity index (χ4n) is 8.34. The third-order valence-corrected chi connectivity index (χ3v) is 13.5. The average Bonchev–Trinajstić information content (AvgIpc) is 3.60. The van der Waals surface area contributed by atoms with Gasteiger partial charge in [-0.25, -0.2) is 9.97 Å². The normalized spacial score (nSPS) is 16.8. The summed E-state index contributed by atoms with van der Waals surface area (Å²) in [6.45, 7) is 7.35. The van der Waals surface area contributed by atoms with Gasteiger partial charge in [-0.15, -0.1) is 0 Å². The van der Waals surface area contributed by atoms with Crippen molar-refractivity contribution < 1.29 is 38.0 Å². The molecule has 0 spiro atoms. The first kappa shape index (κ1) is 45.7. The molecule has 0 radical (unpaired) electrons. The first-order chi connectivity index (χ1) is 30.4. The molecule has 4 heterocycles. The summed E-state index contributed by atoms with van der Waals surface area (Å²) in [5, 5.41) is 10.1. The second-order valence-corrected chi connectivity index (χ2v) is 20.0. The Labute approximate surface area is 373 Å².